The number of sulfonamides is 1. The second kappa shape index (κ2) is 10.5. The summed E-state index contributed by atoms with van der Waals surface area (Å²) in [6.07, 6.45) is 6.51. The van der Waals surface area contributed by atoms with Crippen LogP contribution in [-0.2, 0) is 10.0 Å². The van der Waals surface area contributed by atoms with Crippen LogP contribution in [0.4, 0.5) is 0 Å². The monoisotopic (exact) mass is 301 g/mol. The molecule has 0 fully saturated rings. The van der Waals surface area contributed by atoms with Gasteiger partial charge in [0.05, 0.1) is 5.75 Å². The fourth-order valence-corrected chi connectivity index (χ4v) is 3.60. The van der Waals surface area contributed by atoms with Crippen LogP contribution in [0.1, 0.15) is 32.6 Å². The lowest BCUT2D eigenvalue weighted by atomic mass is 10.2. The number of hydrogen-bond donors (Lipinski definition) is 1. The molecule has 1 atom stereocenters. The van der Waals surface area contributed by atoms with Gasteiger partial charge in [-0.3, -0.25) is 0 Å². The number of halogens is 1. The van der Waals surface area contributed by atoms with Gasteiger partial charge in [-0.05, 0) is 30.8 Å². The second-order valence-electron chi connectivity index (χ2n) is 4.34. The summed E-state index contributed by atoms with van der Waals surface area (Å²) in [6.45, 7) is 2.39. The van der Waals surface area contributed by atoms with Crippen LogP contribution in [0.5, 0.6) is 0 Å². The van der Waals surface area contributed by atoms with Crippen LogP contribution in [0.2, 0.25) is 0 Å². The van der Waals surface area contributed by atoms with E-state index in [1.807, 2.05) is 18.7 Å². The van der Waals surface area contributed by atoms with Crippen molar-refractivity contribution in [2.45, 2.75) is 32.6 Å². The average Bonchev–Trinajstić information content (AvgIpc) is 2.27. The number of thioether (sulfide) groups is 1. The quantitative estimate of drug-likeness (QED) is 0.471. The molecular weight excluding hydrogens is 278 g/mol. The average molecular weight is 302 g/mol. The summed E-state index contributed by atoms with van der Waals surface area (Å²) in [5.41, 5.74) is 0. The Morgan fingerprint density at radius 2 is 1.88 bits per heavy atom. The van der Waals surface area contributed by atoms with Gasteiger partial charge in [-0.15, -0.1) is 11.6 Å². The van der Waals surface area contributed by atoms with Crippen molar-refractivity contribution < 1.29 is 8.42 Å². The molecule has 17 heavy (non-hydrogen) atoms. The lowest BCUT2D eigenvalue weighted by Crippen LogP contribution is -2.30. The summed E-state index contributed by atoms with van der Waals surface area (Å²) >= 11 is 7.45. The molecule has 0 aliphatic heterocycles. The first kappa shape index (κ1) is 17.6. The maximum Gasteiger partial charge on any atom is 0.211 e. The van der Waals surface area contributed by atoms with E-state index in [2.05, 4.69) is 11.0 Å². The largest absolute Gasteiger partial charge is 0.215 e. The van der Waals surface area contributed by atoms with Crippen LogP contribution in [0.25, 0.3) is 0 Å². The van der Waals surface area contributed by atoms with Gasteiger partial charge in [0.15, 0.2) is 0 Å². The van der Waals surface area contributed by atoms with Crippen LogP contribution in [0.3, 0.4) is 0 Å². The van der Waals surface area contributed by atoms with E-state index in [9.17, 15) is 8.42 Å². The summed E-state index contributed by atoms with van der Waals surface area (Å²) in [5.74, 6) is 1.72. The highest BCUT2D eigenvalue weighted by Gasteiger charge is 2.13. The minimum absolute atomic E-state index is 0.00995. The van der Waals surface area contributed by atoms with Crippen molar-refractivity contribution in [3.05, 3.63) is 0 Å². The molecule has 0 heterocycles. The lowest BCUT2D eigenvalue weighted by Gasteiger charge is -2.09. The number of rotatable bonds is 11. The molecule has 0 rings (SSSR count). The third-order valence-corrected chi connectivity index (χ3v) is 5.24. The molecule has 0 aromatic carbocycles. The summed E-state index contributed by atoms with van der Waals surface area (Å²) in [4.78, 5) is 0. The van der Waals surface area contributed by atoms with E-state index >= 15 is 0 Å². The Morgan fingerprint density at radius 1 is 1.24 bits per heavy atom. The van der Waals surface area contributed by atoms with E-state index < -0.39 is 10.0 Å². The molecule has 0 aliphatic carbocycles. The standard InChI is InChI=1S/C11H24ClNO2S2/c1-11(9-12)10-17(14,15)13-7-5-3-4-6-8-16-2/h11,13H,3-10H2,1-2H3. The van der Waals surface area contributed by atoms with Crippen molar-refractivity contribution in [2.24, 2.45) is 5.92 Å². The van der Waals surface area contributed by atoms with Crippen molar-refractivity contribution in [3.8, 4) is 0 Å². The lowest BCUT2D eigenvalue weighted by molar-refractivity contribution is 0.562. The Labute approximate surface area is 115 Å². The van der Waals surface area contributed by atoms with Crippen molar-refractivity contribution in [1.82, 2.24) is 4.72 Å². The van der Waals surface area contributed by atoms with Gasteiger partial charge in [0, 0.05) is 12.4 Å². The fourth-order valence-electron chi connectivity index (χ4n) is 1.43. The summed E-state index contributed by atoms with van der Waals surface area (Å²) < 4.78 is 25.7. The van der Waals surface area contributed by atoms with Crippen LogP contribution in [0, 0.1) is 5.92 Å². The Kier molecular flexibility index (Phi) is 10.8. The van der Waals surface area contributed by atoms with Crippen molar-refractivity contribution >= 4 is 33.4 Å². The van der Waals surface area contributed by atoms with Gasteiger partial charge in [0.25, 0.3) is 0 Å². The molecule has 0 aliphatic rings. The molecule has 0 spiro atoms. The highest BCUT2D eigenvalue weighted by molar-refractivity contribution is 7.98. The van der Waals surface area contributed by atoms with E-state index in [0.29, 0.717) is 12.4 Å². The summed E-state index contributed by atoms with van der Waals surface area (Å²) in [7, 11) is -3.13. The topological polar surface area (TPSA) is 46.2 Å². The van der Waals surface area contributed by atoms with E-state index in [0.717, 1.165) is 12.8 Å². The molecular formula is C11H24ClNO2S2. The van der Waals surface area contributed by atoms with E-state index in [4.69, 9.17) is 11.6 Å². The summed E-state index contributed by atoms with van der Waals surface area (Å²) in [6, 6.07) is 0. The smallest absolute Gasteiger partial charge is 0.211 e. The van der Waals surface area contributed by atoms with Gasteiger partial charge in [-0.25, -0.2) is 13.1 Å². The Bertz CT molecular complexity index is 271. The zero-order valence-electron chi connectivity index (χ0n) is 10.7. The number of alkyl halides is 1. The molecule has 0 radical (unpaired) electrons. The predicted molar refractivity (Wildman–Crippen MR) is 78.5 cm³/mol. The molecule has 1 unspecified atom stereocenters. The zero-order valence-corrected chi connectivity index (χ0v) is 13.1. The highest BCUT2D eigenvalue weighted by atomic mass is 35.5. The van der Waals surface area contributed by atoms with E-state index in [-0.39, 0.29) is 11.7 Å². The van der Waals surface area contributed by atoms with Crippen molar-refractivity contribution in [3.63, 3.8) is 0 Å². The highest BCUT2D eigenvalue weighted by Crippen LogP contribution is 2.05. The van der Waals surface area contributed by atoms with E-state index in [1.165, 1.54) is 18.6 Å². The first-order valence-corrected chi connectivity index (χ1v) is 9.62. The number of nitrogens with one attached hydrogen (secondary N) is 1. The summed E-state index contributed by atoms with van der Waals surface area (Å²) in [5, 5.41) is 0. The molecule has 3 nitrogen and oxygen atoms in total. The van der Waals surface area contributed by atoms with Gasteiger partial charge in [-0.2, -0.15) is 11.8 Å². The third kappa shape index (κ3) is 11.4. The van der Waals surface area contributed by atoms with E-state index in [1.54, 1.807) is 0 Å². The zero-order chi connectivity index (χ0) is 13.1. The van der Waals surface area contributed by atoms with Gasteiger partial charge < -0.3 is 0 Å². The fraction of sp³-hybridized carbons (Fsp3) is 1.00. The molecule has 0 saturated carbocycles. The Balaban J connectivity index is 3.53. The SMILES string of the molecule is CSCCCCCCNS(=O)(=O)CC(C)CCl. The minimum atomic E-state index is -3.13. The molecule has 0 amide bonds. The normalized spacial score (nSPS) is 13.8. The first-order chi connectivity index (χ1) is 8.02. The molecule has 0 saturated heterocycles. The van der Waals surface area contributed by atoms with Crippen LogP contribution in [0.15, 0.2) is 0 Å². The van der Waals surface area contributed by atoms with Crippen LogP contribution < -0.4 is 4.72 Å². The van der Waals surface area contributed by atoms with Gasteiger partial charge in [0.2, 0.25) is 10.0 Å². The van der Waals surface area contributed by atoms with Crippen LogP contribution >= 0.6 is 23.4 Å². The minimum Gasteiger partial charge on any atom is -0.215 e. The molecule has 6 heteroatoms. The maximum absolute atomic E-state index is 11.6. The van der Waals surface area contributed by atoms with Crippen molar-refractivity contribution in [2.75, 3.05) is 30.2 Å². The molecule has 0 bridgehead atoms. The third-order valence-electron chi connectivity index (χ3n) is 2.36. The molecule has 1 N–H and O–H groups in total. The maximum atomic E-state index is 11.6. The van der Waals surface area contributed by atoms with Gasteiger partial charge in [-0.1, -0.05) is 19.8 Å². The molecule has 104 valence electrons. The number of unbranched alkanes of at least 4 members (excludes halogenated alkanes) is 3. The Hall–Kier alpha value is 0.550. The van der Waals surface area contributed by atoms with Gasteiger partial charge >= 0.3 is 0 Å². The van der Waals surface area contributed by atoms with Crippen molar-refractivity contribution in [1.29, 1.82) is 0 Å². The number of hydrogen-bond acceptors (Lipinski definition) is 3. The predicted octanol–water partition coefficient (Wildman–Crippen LogP) is 2.70. The van der Waals surface area contributed by atoms with Crippen LogP contribution in [-0.4, -0.2) is 38.6 Å². The molecule has 0 aromatic heterocycles. The second-order valence-corrected chi connectivity index (χ2v) is 7.49. The Morgan fingerprint density at radius 3 is 2.47 bits per heavy atom. The van der Waals surface area contributed by atoms with Gasteiger partial charge in [0.1, 0.15) is 0 Å². The molecule has 0 aromatic rings. The first-order valence-electron chi connectivity index (χ1n) is 6.04.